The molecule has 1 unspecified atom stereocenters. The Morgan fingerprint density at radius 1 is 0.857 bits per heavy atom. The van der Waals surface area contributed by atoms with E-state index in [1.54, 1.807) is 11.9 Å². The molecule has 144 valence electrons. The number of amides is 2. The van der Waals surface area contributed by atoms with E-state index in [0.29, 0.717) is 0 Å². The lowest BCUT2D eigenvalue weighted by molar-refractivity contribution is -0.123. The molecule has 3 aromatic carbocycles. The van der Waals surface area contributed by atoms with Gasteiger partial charge in [0.1, 0.15) is 0 Å². The molecule has 0 fully saturated rings. The number of carbonyl (C=O) groups excluding carboxylic acids is 2. The normalized spacial score (nSPS) is 12.0. The second-order valence-electron chi connectivity index (χ2n) is 6.95. The molecule has 0 aliphatic rings. The lowest BCUT2D eigenvalue weighted by atomic mass is 10.1. The molecule has 5 nitrogen and oxygen atoms in total. The summed E-state index contributed by atoms with van der Waals surface area (Å²) in [5, 5.41) is 7.97. The molecule has 0 radical (unpaired) electrons. The van der Waals surface area contributed by atoms with Crippen LogP contribution in [0.3, 0.4) is 0 Å². The van der Waals surface area contributed by atoms with E-state index in [-0.39, 0.29) is 30.9 Å². The molecule has 0 spiro atoms. The maximum Gasteiger partial charge on any atom is 0.238 e. The second-order valence-corrected chi connectivity index (χ2v) is 6.95. The van der Waals surface area contributed by atoms with E-state index in [4.69, 9.17) is 0 Å². The van der Waals surface area contributed by atoms with Crippen molar-refractivity contribution in [3.05, 3.63) is 78.4 Å². The molecule has 0 aliphatic carbocycles. The van der Waals surface area contributed by atoms with Crippen LogP contribution in [0.15, 0.2) is 72.8 Å². The zero-order valence-corrected chi connectivity index (χ0v) is 16.2. The highest BCUT2D eigenvalue weighted by Crippen LogP contribution is 2.22. The van der Waals surface area contributed by atoms with Crippen molar-refractivity contribution in [2.24, 2.45) is 0 Å². The van der Waals surface area contributed by atoms with Gasteiger partial charge in [0.05, 0.1) is 19.1 Å². The van der Waals surface area contributed by atoms with Gasteiger partial charge in [-0.15, -0.1) is 0 Å². The van der Waals surface area contributed by atoms with Crippen LogP contribution in [-0.2, 0) is 9.59 Å². The van der Waals surface area contributed by atoms with Crippen LogP contribution in [0.4, 0.5) is 5.69 Å². The highest BCUT2D eigenvalue weighted by atomic mass is 16.2. The number of benzene rings is 3. The number of anilines is 1. The van der Waals surface area contributed by atoms with Crippen LogP contribution in [0.1, 0.15) is 18.5 Å². The number of nitrogens with one attached hydrogen (secondary N) is 2. The van der Waals surface area contributed by atoms with Gasteiger partial charge in [0.15, 0.2) is 0 Å². The van der Waals surface area contributed by atoms with Crippen LogP contribution in [0.2, 0.25) is 0 Å². The summed E-state index contributed by atoms with van der Waals surface area (Å²) in [6.07, 6.45) is 0. The summed E-state index contributed by atoms with van der Waals surface area (Å²) in [4.78, 5) is 26.4. The maximum absolute atomic E-state index is 12.4. The molecule has 1 atom stereocenters. The maximum atomic E-state index is 12.4. The first-order valence-electron chi connectivity index (χ1n) is 9.33. The molecule has 0 bridgehead atoms. The molecule has 2 amide bonds. The molecule has 0 saturated heterocycles. The molecular weight excluding hydrogens is 350 g/mol. The first kappa shape index (κ1) is 19.6. The number of hydrogen-bond acceptors (Lipinski definition) is 3. The minimum atomic E-state index is -0.150. The highest BCUT2D eigenvalue weighted by molar-refractivity contribution is 6.02. The first-order chi connectivity index (χ1) is 13.5. The van der Waals surface area contributed by atoms with E-state index >= 15 is 0 Å². The van der Waals surface area contributed by atoms with Crippen LogP contribution in [0.25, 0.3) is 10.8 Å². The summed E-state index contributed by atoms with van der Waals surface area (Å²) in [6.45, 7) is 2.23. The van der Waals surface area contributed by atoms with E-state index in [2.05, 4.69) is 10.6 Å². The molecule has 3 rings (SSSR count). The fraction of sp³-hybridized carbons (Fsp3) is 0.217. The van der Waals surface area contributed by atoms with E-state index < -0.39 is 0 Å². The van der Waals surface area contributed by atoms with Gasteiger partial charge in [-0.3, -0.25) is 14.5 Å². The van der Waals surface area contributed by atoms with Crippen molar-refractivity contribution in [1.29, 1.82) is 0 Å². The third-order valence-electron chi connectivity index (χ3n) is 4.57. The summed E-state index contributed by atoms with van der Waals surface area (Å²) in [6, 6.07) is 23.4. The van der Waals surface area contributed by atoms with Crippen molar-refractivity contribution in [2.75, 3.05) is 25.5 Å². The van der Waals surface area contributed by atoms with E-state index in [1.165, 1.54) is 0 Å². The molecule has 0 heterocycles. The molecular formula is C23H25N3O2. The zero-order chi connectivity index (χ0) is 19.9. The Morgan fingerprint density at radius 3 is 2.29 bits per heavy atom. The number of rotatable bonds is 7. The SMILES string of the molecule is CC(NC(=O)CN(C)CC(=O)Nc1cccc2ccccc12)c1ccccc1. The van der Waals surface area contributed by atoms with Gasteiger partial charge in [-0.1, -0.05) is 66.7 Å². The second kappa shape index (κ2) is 9.15. The Balaban J connectivity index is 1.52. The average molecular weight is 375 g/mol. The van der Waals surface area contributed by atoms with Crippen molar-refractivity contribution in [1.82, 2.24) is 10.2 Å². The largest absolute Gasteiger partial charge is 0.348 e. The first-order valence-corrected chi connectivity index (χ1v) is 9.33. The molecule has 3 aromatic rings. The fourth-order valence-corrected chi connectivity index (χ4v) is 3.18. The molecule has 0 saturated carbocycles. The summed E-state index contributed by atoms with van der Waals surface area (Å²) >= 11 is 0. The van der Waals surface area contributed by atoms with Crippen LogP contribution < -0.4 is 10.6 Å². The summed E-state index contributed by atoms with van der Waals surface area (Å²) in [7, 11) is 1.76. The van der Waals surface area contributed by atoms with Crippen LogP contribution in [0, 0.1) is 0 Å². The van der Waals surface area contributed by atoms with Gasteiger partial charge < -0.3 is 10.6 Å². The van der Waals surface area contributed by atoms with Crippen molar-refractivity contribution in [3.8, 4) is 0 Å². The molecule has 28 heavy (non-hydrogen) atoms. The van der Waals surface area contributed by atoms with Crippen LogP contribution in [-0.4, -0.2) is 36.9 Å². The van der Waals surface area contributed by atoms with Gasteiger partial charge >= 0.3 is 0 Å². The molecule has 5 heteroatoms. The van der Waals surface area contributed by atoms with E-state index in [9.17, 15) is 9.59 Å². The molecule has 2 N–H and O–H groups in total. The highest BCUT2D eigenvalue weighted by Gasteiger charge is 2.14. The van der Waals surface area contributed by atoms with Crippen LogP contribution in [0.5, 0.6) is 0 Å². The smallest absolute Gasteiger partial charge is 0.238 e. The topological polar surface area (TPSA) is 61.4 Å². The summed E-state index contributed by atoms with van der Waals surface area (Å²) < 4.78 is 0. The minimum absolute atomic E-state index is 0.0772. The predicted molar refractivity (Wildman–Crippen MR) is 113 cm³/mol. The molecule has 0 aromatic heterocycles. The zero-order valence-electron chi connectivity index (χ0n) is 16.2. The van der Waals surface area contributed by atoms with Gasteiger partial charge in [0, 0.05) is 11.1 Å². The predicted octanol–water partition coefficient (Wildman–Crippen LogP) is 3.59. The van der Waals surface area contributed by atoms with Gasteiger partial charge in [-0.2, -0.15) is 0 Å². The van der Waals surface area contributed by atoms with Gasteiger partial charge in [-0.25, -0.2) is 0 Å². The number of likely N-dealkylation sites (N-methyl/N-ethyl adjacent to an activating group) is 1. The van der Waals surface area contributed by atoms with Crippen molar-refractivity contribution < 1.29 is 9.59 Å². The van der Waals surface area contributed by atoms with Crippen molar-refractivity contribution in [3.63, 3.8) is 0 Å². The minimum Gasteiger partial charge on any atom is -0.348 e. The lowest BCUT2D eigenvalue weighted by Gasteiger charge is -2.19. The Bertz CT molecular complexity index is 951. The number of hydrogen-bond donors (Lipinski definition) is 2. The third kappa shape index (κ3) is 5.18. The fourth-order valence-electron chi connectivity index (χ4n) is 3.18. The number of carbonyl (C=O) groups is 2. The number of nitrogens with zero attached hydrogens (tertiary/aromatic N) is 1. The quantitative estimate of drug-likeness (QED) is 0.663. The van der Waals surface area contributed by atoms with Gasteiger partial charge in [0.25, 0.3) is 0 Å². The van der Waals surface area contributed by atoms with E-state index in [1.807, 2.05) is 79.7 Å². The average Bonchev–Trinajstić information content (AvgIpc) is 2.68. The van der Waals surface area contributed by atoms with E-state index in [0.717, 1.165) is 22.0 Å². The Labute approximate surface area is 165 Å². The van der Waals surface area contributed by atoms with Crippen LogP contribution >= 0.6 is 0 Å². The summed E-state index contributed by atoms with van der Waals surface area (Å²) in [5.41, 5.74) is 1.82. The Kier molecular flexibility index (Phi) is 6.40. The van der Waals surface area contributed by atoms with Gasteiger partial charge in [0.2, 0.25) is 11.8 Å². The number of fused-ring (bicyclic) bond motifs is 1. The Morgan fingerprint density at radius 2 is 1.50 bits per heavy atom. The lowest BCUT2D eigenvalue weighted by Crippen LogP contribution is -2.39. The third-order valence-corrected chi connectivity index (χ3v) is 4.57. The summed E-state index contributed by atoms with van der Waals surface area (Å²) in [5.74, 6) is -0.264. The molecule has 0 aliphatic heterocycles. The van der Waals surface area contributed by atoms with Crippen molar-refractivity contribution in [2.45, 2.75) is 13.0 Å². The van der Waals surface area contributed by atoms with Crippen molar-refractivity contribution >= 4 is 28.3 Å². The van der Waals surface area contributed by atoms with Gasteiger partial charge in [-0.05, 0) is 31.0 Å². The Hall–Kier alpha value is -3.18. The standard InChI is InChI=1S/C23H25N3O2/c1-17(18-9-4-3-5-10-18)24-22(27)15-26(2)16-23(28)25-21-14-8-12-19-11-6-7-13-20(19)21/h3-14,17H,15-16H2,1-2H3,(H,24,27)(H,25,28). The monoisotopic (exact) mass is 375 g/mol.